The fourth-order valence-corrected chi connectivity index (χ4v) is 5.93. The van der Waals surface area contributed by atoms with E-state index in [0.717, 1.165) is 12.8 Å². The second-order valence-electron chi connectivity index (χ2n) is 7.87. The van der Waals surface area contributed by atoms with Gasteiger partial charge in [-0.05, 0) is 55.1 Å². The van der Waals surface area contributed by atoms with E-state index in [4.69, 9.17) is 0 Å². The van der Waals surface area contributed by atoms with Gasteiger partial charge in [0.15, 0.2) is 5.78 Å². The molecular weight excluding hydrogens is 310 g/mol. The first kappa shape index (κ1) is 16.7. The molecule has 3 atom stereocenters. The molecule has 2 aliphatic carbocycles. The summed E-state index contributed by atoms with van der Waals surface area (Å²) in [6.07, 6.45) is 3.14. The van der Waals surface area contributed by atoms with E-state index >= 15 is 0 Å². The standard InChI is InChI=1S/C18H25NO3S/c1-12(20)13-6-5-7-15(10-13)23(21,22)19-16-11-14-8-9-18(16,4)17(14,2)3/h5-7,10,14,16,19H,8-9,11H2,1-4H3. The van der Waals surface area contributed by atoms with Crippen molar-refractivity contribution in [1.82, 2.24) is 4.72 Å². The first-order chi connectivity index (χ1) is 10.6. The molecule has 126 valence electrons. The maximum atomic E-state index is 12.8. The number of nitrogens with one attached hydrogen (secondary N) is 1. The average Bonchev–Trinajstić information content (AvgIpc) is 2.80. The molecule has 2 saturated carbocycles. The van der Waals surface area contributed by atoms with E-state index in [0.29, 0.717) is 11.5 Å². The van der Waals surface area contributed by atoms with Gasteiger partial charge in [-0.25, -0.2) is 13.1 Å². The minimum Gasteiger partial charge on any atom is -0.295 e. The topological polar surface area (TPSA) is 63.2 Å². The first-order valence-corrected chi connectivity index (χ1v) is 9.69. The molecule has 23 heavy (non-hydrogen) atoms. The molecule has 0 aromatic heterocycles. The lowest BCUT2D eigenvalue weighted by Gasteiger charge is -2.39. The predicted molar refractivity (Wildman–Crippen MR) is 89.8 cm³/mol. The molecule has 0 aliphatic heterocycles. The van der Waals surface area contributed by atoms with Crippen LogP contribution in [0.25, 0.3) is 0 Å². The van der Waals surface area contributed by atoms with Crippen LogP contribution in [0.5, 0.6) is 0 Å². The van der Waals surface area contributed by atoms with Crippen LogP contribution in [-0.2, 0) is 10.0 Å². The van der Waals surface area contributed by atoms with Crippen LogP contribution in [0.3, 0.4) is 0 Å². The highest BCUT2D eigenvalue weighted by atomic mass is 32.2. The van der Waals surface area contributed by atoms with Crippen molar-refractivity contribution in [3.05, 3.63) is 29.8 Å². The van der Waals surface area contributed by atoms with Gasteiger partial charge in [-0.2, -0.15) is 0 Å². The number of hydrogen-bond donors (Lipinski definition) is 1. The minimum atomic E-state index is -3.61. The van der Waals surface area contributed by atoms with Crippen LogP contribution in [-0.4, -0.2) is 20.2 Å². The summed E-state index contributed by atoms with van der Waals surface area (Å²) in [6, 6.07) is 6.24. The van der Waals surface area contributed by atoms with Gasteiger partial charge in [0.05, 0.1) is 4.90 Å². The highest BCUT2D eigenvalue weighted by molar-refractivity contribution is 7.89. The average molecular weight is 335 g/mol. The third-order valence-electron chi connectivity index (χ3n) is 6.64. The third kappa shape index (κ3) is 2.45. The summed E-state index contributed by atoms with van der Waals surface area (Å²) in [6.45, 7) is 8.17. The third-order valence-corrected chi connectivity index (χ3v) is 8.11. The summed E-state index contributed by atoms with van der Waals surface area (Å²) in [5.41, 5.74) is 0.567. The molecule has 3 unspecified atom stereocenters. The maximum Gasteiger partial charge on any atom is 0.240 e. The highest BCUT2D eigenvalue weighted by Gasteiger charge is 2.61. The van der Waals surface area contributed by atoms with Gasteiger partial charge < -0.3 is 0 Å². The van der Waals surface area contributed by atoms with Gasteiger partial charge in [0.25, 0.3) is 0 Å². The van der Waals surface area contributed by atoms with Gasteiger partial charge in [0, 0.05) is 11.6 Å². The molecule has 0 saturated heterocycles. The van der Waals surface area contributed by atoms with E-state index in [-0.39, 0.29) is 27.6 Å². The van der Waals surface area contributed by atoms with Crippen molar-refractivity contribution in [2.45, 2.75) is 57.9 Å². The van der Waals surface area contributed by atoms with E-state index in [9.17, 15) is 13.2 Å². The SMILES string of the molecule is CC(=O)c1cccc(S(=O)(=O)NC2CC3CCC2(C)C3(C)C)c1. The number of fused-ring (bicyclic) bond motifs is 2. The highest BCUT2D eigenvalue weighted by Crippen LogP contribution is 2.65. The van der Waals surface area contributed by atoms with Crippen LogP contribution in [0.2, 0.25) is 0 Å². The van der Waals surface area contributed by atoms with Gasteiger partial charge in [-0.3, -0.25) is 4.79 Å². The quantitative estimate of drug-likeness (QED) is 0.858. The van der Waals surface area contributed by atoms with Crippen molar-refractivity contribution >= 4 is 15.8 Å². The fourth-order valence-electron chi connectivity index (χ4n) is 4.52. The Morgan fingerprint density at radius 3 is 2.48 bits per heavy atom. The Morgan fingerprint density at radius 1 is 1.26 bits per heavy atom. The fraction of sp³-hybridized carbons (Fsp3) is 0.611. The van der Waals surface area contributed by atoms with Crippen LogP contribution in [0.15, 0.2) is 29.2 Å². The molecule has 4 nitrogen and oxygen atoms in total. The van der Waals surface area contributed by atoms with Crippen molar-refractivity contribution in [3.8, 4) is 0 Å². The van der Waals surface area contributed by atoms with Gasteiger partial charge in [0.1, 0.15) is 0 Å². The molecule has 3 rings (SSSR count). The van der Waals surface area contributed by atoms with Crippen LogP contribution in [0, 0.1) is 16.7 Å². The normalized spacial score (nSPS) is 32.2. The lowest BCUT2D eigenvalue weighted by Crippen LogP contribution is -2.46. The van der Waals surface area contributed by atoms with E-state index in [1.807, 2.05) is 0 Å². The molecule has 0 spiro atoms. The number of benzene rings is 1. The molecular formula is C18H25NO3S. The summed E-state index contributed by atoms with van der Waals surface area (Å²) in [5, 5.41) is 0. The van der Waals surface area contributed by atoms with Crippen LogP contribution >= 0.6 is 0 Å². The second kappa shape index (κ2) is 5.15. The molecule has 1 N–H and O–H groups in total. The van der Waals surface area contributed by atoms with Gasteiger partial charge in [-0.15, -0.1) is 0 Å². The van der Waals surface area contributed by atoms with Crippen LogP contribution in [0.4, 0.5) is 0 Å². The number of ketones is 1. The van der Waals surface area contributed by atoms with Crippen molar-refractivity contribution in [2.24, 2.45) is 16.7 Å². The Bertz CT molecular complexity index is 753. The maximum absolute atomic E-state index is 12.8. The Labute approximate surface area is 138 Å². The molecule has 0 amide bonds. The lowest BCUT2D eigenvalue weighted by atomic mass is 9.69. The van der Waals surface area contributed by atoms with E-state index < -0.39 is 10.0 Å². The summed E-state index contributed by atoms with van der Waals surface area (Å²) in [7, 11) is -3.61. The largest absolute Gasteiger partial charge is 0.295 e. The van der Waals surface area contributed by atoms with Crippen molar-refractivity contribution < 1.29 is 13.2 Å². The number of carbonyl (C=O) groups excluding carboxylic acids is 1. The van der Waals surface area contributed by atoms with Crippen molar-refractivity contribution in [2.75, 3.05) is 0 Å². The Morgan fingerprint density at radius 2 is 1.96 bits per heavy atom. The predicted octanol–water partition coefficient (Wildman–Crippen LogP) is 3.38. The number of Topliss-reactive ketones (excluding diaryl/α,β-unsaturated/α-hetero) is 1. The monoisotopic (exact) mass is 335 g/mol. The van der Waals surface area contributed by atoms with E-state index in [2.05, 4.69) is 25.5 Å². The lowest BCUT2D eigenvalue weighted by molar-refractivity contribution is 0.101. The van der Waals surface area contributed by atoms with Gasteiger partial charge in [0.2, 0.25) is 10.0 Å². The Hall–Kier alpha value is -1.20. The molecule has 1 aromatic rings. The summed E-state index contributed by atoms with van der Waals surface area (Å²) < 4.78 is 28.5. The molecule has 2 bridgehead atoms. The zero-order valence-corrected chi connectivity index (χ0v) is 15.0. The zero-order chi connectivity index (χ0) is 17.0. The number of rotatable bonds is 4. The minimum absolute atomic E-state index is 0.0110. The first-order valence-electron chi connectivity index (χ1n) is 8.21. The number of sulfonamides is 1. The van der Waals surface area contributed by atoms with E-state index in [1.165, 1.54) is 19.4 Å². The second-order valence-corrected chi connectivity index (χ2v) is 9.58. The molecule has 1 aromatic carbocycles. The molecule has 5 heteroatoms. The Kier molecular flexibility index (Phi) is 3.73. The van der Waals surface area contributed by atoms with Crippen molar-refractivity contribution in [3.63, 3.8) is 0 Å². The molecule has 0 radical (unpaired) electrons. The molecule has 0 heterocycles. The summed E-state index contributed by atoms with van der Waals surface area (Å²) in [4.78, 5) is 11.7. The van der Waals surface area contributed by atoms with Gasteiger partial charge in [-0.1, -0.05) is 32.9 Å². The van der Waals surface area contributed by atoms with Gasteiger partial charge >= 0.3 is 0 Å². The van der Waals surface area contributed by atoms with Crippen LogP contribution < -0.4 is 4.72 Å². The van der Waals surface area contributed by atoms with Crippen molar-refractivity contribution in [1.29, 1.82) is 0 Å². The van der Waals surface area contributed by atoms with Crippen LogP contribution in [0.1, 0.15) is 57.3 Å². The summed E-state index contributed by atoms with van der Waals surface area (Å²) >= 11 is 0. The van der Waals surface area contributed by atoms with E-state index in [1.54, 1.807) is 18.2 Å². The molecule has 2 fully saturated rings. The Balaban J connectivity index is 1.89. The zero-order valence-electron chi connectivity index (χ0n) is 14.2. The molecule has 2 aliphatic rings. The summed E-state index contributed by atoms with van der Waals surface area (Å²) in [5.74, 6) is 0.443. The number of hydrogen-bond acceptors (Lipinski definition) is 3. The number of carbonyl (C=O) groups is 1. The smallest absolute Gasteiger partial charge is 0.240 e.